The van der Waals surface area contributed by atoms with Gasteiger partial charge in [-0.05, 0) is 31.9 Å². The molecule has 1 atom stereocenters. The van der Waals surface area contributed by atoms with E-state index in [4.69, 9.17) is 5.10 Å². The minimum Gasteiger partial charge on any atom is -0.352 e. The van der Waals surface area contributed by atoms with E-state index in [2.05, 4.69) is 10.3 Å². The number of piperidine rings is 1. The molecule has 1 aromatic carbocycles. The molecule has 2 aromatic heterocycles. The van der Waals surface area contributed by atoms with Crippen LogP contribution in [-0.2, 0) is 0 Å². The van der Waals surface area contributed by atoms with Crippen molar-refractivity contribution < 1.29 is 9.59 Å². The zero-order chi connectivity index (χ0) is 20.2. The molecule has 0 spiro atoms. The molecule has 0 radical (unpaired) electrons. The van der Waals surface area contributed by atoms with Crippen molar-refractivity contribution in [2.45, 2.75) is 25.7 Å². The Morgan fingerprint density at radius 1 is 1.28 bits per heavy atom. The highest BCUT2D eigenvalue weighted by Gasteiger charge is 2.31. The van der Waals surface area contributed by atoms with Crippen molar-refractivity contribution in [3.8, 4) is 5.69 Å². The molecule has 1 N–H and O–H groups in total. The third-order valence-electron chi connectivity index (χ3n) is 5.09. The van der Waals surface area contributed by atoms with Gasteiger partial charge in [0.05, 0.1) is 22.5 Å². The van der Waals surface area contributed by atoms with Crippen LogP contribution in [0.3, 0.4) is 0 Å². The lowest BCUT2D eigenvalue weighted by atomic mass is 9.92. The Bertz CT molecular complexity index is 984. The van der Waals surface area contributed by atoms with Gasteiger partial charge in [0.1, 0.15) is 5.69 Å². The van der Waals surface area contributed by atoms with Crippen molar-refractivity contribution >= 4 is 23.2 Å². The van der Waals surface area contributed by atoms with E-state index in [0.717, 1.165) is 24.2 Å². The SMILES string of the molecule is CCNC(=O)c1cn(-c2ccccc2)nc1C1CCCN(C(=O)c2cscn2)C1. The maximum absolute atomic E-state index is 12.8. The number of aromatic nitrogens is 3. The van der Waals surface area contributed by atoms with Crippen molar-refractivity contribution in [1.29, 1.82) is 0 Å². The summed E-state index contributed by atoms with van der Waals surface area (Å²) in [4.78, 5) is 31.4. The fraction of sp³-hybridized carbons (Fsp3) is 0.333. The number of hydrogen-bond acceptors (Lipinski definition) is 5. The molecule has 0 aliphatic carbocycles. The first kappa shape index (κ1) is 19.3. The van der Waals surface area contributed by atoms with Crippen LogP contribution in [0.25, 0.3) is 5.69 Å². The van der Waals surface area contributed by atoms with Gasteiger partial charge in [0.2, 0.25) is 0 Å². The Balaban J connectivity index is 1.64. The first-order valence-corrected chi connectivity index (χ1v) is 10.7. The molecule has 1 unspecified atom stereocenters. The third-order valence-corrected chi connectivity index (χ3v) is 5.68. The summed E-state index contributed by atoms with van der Waals surface area (Å²) < 4.78 is 1.75. The fourth-order valence-corrected chi connectivity index (χ4v) is 4.22. The van der Waals surface area contributed by atoms with Crippen LogP contribution in [0.4, 0.5) is 0 Å². The van der Waals surface area contributed by atoms with Gasteiger partial charge in [-0.3, -0.25) is 9.59 Å². The van der Waals surface area contributed by atoms with Gasteiger partial charge in [0.15, 0.2) is 0 Å². The second kappa shape index (κ2) is 8.57. The van der Waals surface area contributed by atoms with Crippen LogP contribution in [0.2, 0.25) is 0 Å². The van der Waals surface area contributed by atoms with E-state index in [9.17, 15) is 9.59 Å². The number of nitrogens with one attached hydrogen (secondary N) is 1. The highest BCUT2D eigenvalue weighted by Crippen LogP contribution is 2.30. The van der Waals surface area contributed by atoms with Crippen molar-refractivity contribution in [3.63, 3.8) is 0 Å². The molecular weight excluding hydrogens is 386 g/mol. The lowest BCUT2D eigenvalue weighted by Crippen LogP contribution is -2.40. The molecule has 1 saturated heterocycles. The zero-order valence-corrected chi connectivity index (χ0v) is 17.1. The fourth-order valence-electron chi connectivity index (χ4n) is 3.70. The van der Waals surface area contributed by atoms with Crippen LogP contribution < -0.4 is 5.32 Å². The zero-order valence-electron chi connectivity index (χ0n) is 16.2. The van der Waals surface area contributed by atoms with E-state index in [1.165, 1.54) is 11.3 Å². The van der Waals surface area contributed by atoms with E-state index >= 15 is 0 Å². The van der Waals surface area contributed by atoms with E-state index in [0.29, 0.717) is 30.9 Å². The summed E-state index contributed by atoms with van der Waals surface area (Å²) in [7, 11) is 0. The summed E-state index contributed by atoms with van der Waals surface area (Å²) in [5.74, 6) is -0.181. The Morgan fingerprint density at radius 2 is 2.10 bits per heavy atom. The predicted molar refractivity (Wildman–Crippen MR) is 112 cm³/mol. The maximum atomic E-state index is 12.8. The molecule has 150 valence electrons. The molecule has 1 aliphatic rings. The molecule has 1 aliphatic heterocycles. The smallest absolute Gasteiger partial charge is 0.273 e. The molecule has 3 aromatic rings. The molecule has 1 fully saturated rings. The van der Waals surface area contributed by atoms with Gasteiger partial charge in [0.25, 0.3) is 11.8 Å². The Hall–Kier alpha value is -3.00. The van der Waals surface area contributed by atoms with Crippen LogP contribution in [0.15, 0.2) is 47.4 Å². The minimum absolute atomic E-state index is 0.00824. The monoisotopic (exact) mass is 409 g/mol. The van der Waals surface area contributed by atoms with Crippen LogP contribution in [0.1, 0.15) is 52.2 Å². The topological polar surface area (TPSA) is 80.1 Å². The first-order valence-electron chi connectivity index (χ1n) is 9.78. The van der Waals surface area contributed by atoms with E-state index in [1.807, 2.05) is 42.2 Å². The number of hydrogen-bond donors (Lipinski definition) is 1. The van der Waals surface area contributed by atoms with Crippen LogP contribution in [0.5, 0.6) is 0 Å². The first-order chi connectivity index (χ1) is 14.2. The quantitative estimate of drug-likeness (QED) is 0.702. The third kappa shape index (κ3) is 4.07. The Morgan fingerprint density at radius 3 is 2.83 bits per heavy atom. The van der Waals surface area contributed by atoms with Gasteiger partial charge < -0.3 is 10.2 Å². The highest BCUT2D eigenvalue weighted by molar-refractivity contribution is 7.07. The van der Waals surface area contributed by atoms with Gasteiger partial charge in [-0.25, -0.2) is 9.67 Å². The van der Waals surface area contributed by atoms with Gasteiger partial charge in [-0.2, -0.15) is 5.10 Å². The Kier molecular flexibility index (Phi) is 5.71. The number of carbonyl (C=O) groups excluding carboxylic acids is 2. The number of carbonyl (C=O) groups is 2. The molecule has 0 saturated carbocycles. The molecule has 8 heteroatoms. The summed E-state index contributed by atoms with van der Waals surface area (Å²) in [5.41, 5.74) is 4.37. The van der Waals surface area contributed by atoms with Gasteiger partial charge in [-0.15, -0.1) is 11.3 Å². The van der Waals surface area contributed by atoms with Gasteiger partial charge in [-0.1, -0.05) is 18.2 Å². The van der Waals surface area contributed by atoms with Gasteiger partial charge >= 0.3 is 0 Å². The van der Waals surface area contributed by atoms with Crippen molar-refractivity contribution in [1.82, 2.24) is 25.0 Å². The van der Waals surface area contributed by atoms with E-state index in [-0.39, 0.29) is 17.7 Å². The average molecular weight is 410 g/mol. The number of likely N-dealkylation sites (tertiary alicyclic amines) is 1. The van der Waals surface area contributed by atoms with Crippen molar-refractivity contribution in [2.75, 3.05) is 19.6 Å². The molecule has 0 bridgehead atoms. The van der Waals surface area contributed by atoms with Gasteiger partial charge in [0, 0.05) is 37.1 Å². The van der Waals surface area contributed by atoms with Crippen molar-refractivity contribution in [3.05, 3.63) is 64.4 Å². The number of rotatable bonds is 5. The van der Waals surface area contributed by atoms with Crippen LogP contribution >= 0.6 is 11.3 Å². The van der Waals surface area contributed by atoms with Crippen molar-refractivity contribution in [2.24, 2.45) is 0 Å². The molecule has 4 rings (SSSR count). The van der Waals surface area contributed by atoms with E-state index < -0.39 is 0 Å². The molecule has 3 heterocycles. The average Bonchev–Trinajstić information content (AvgIpc) is 3.44. The van der Waals surface area contributed by atoms with Crippen LogP contribution in [0, 0.1) is 0 Å². The molecular formula is C21H23N5O2S. The predicted octanol–water partition coefficient (Wildman–Crippen LogP) is 3.10. The number of benzene rings is 1. The lowest BCUT2D eigenvalue weighted by Gasteiger charge is -2.32. The maximum Gasteiger partial charge on any atom is 0.273 e. The largest absolute Gasteiger partial charge is 0.352 e. The number of thiazole rings is 1. The summed E-state index contributed by atoms with van der Waals surface area (Å²) in [6, 6.07) is 9.74. The second-order valence-electron chi connectivity index (χ2n) is 7.03. The second-order valence-corrected chi connectivity index (χ2v) is 7.75. The number of nitrogens with zero attached hydrogens (tertiary/aromatic N) is 4. The molecule has 2 amide bonds. The molecule has 7 nitrogen and oxygen atoms in total. The number of para-hydroxylation sites is 1. The summed E-state index contributed by atoms with van der Waals surface area (Å²) in [5, 5.41) is 9.42. The normalized spacial score (nSPS) is 16.6. The van der Waals surface area contributed by atoms with E-state index in [1.54, 1.807) is 21.8 Å². The Labute approximate surface area is 173 Å². The molecule has 29 heavy (non-hydrogen) atoms. The van der Waals surface area contributed by atoms with Crippen LogP contribution in [-0.4, -0.2) is 51.1 Å². The number of amides is 2. The standard InChI is InChI=1S/C21H23N5O2S/c1-2-22-20(27)17-12-26(16-8-4-3-5-9-16)24-19(17)15-7-6-10-25(11-15)21(28)18-13-29-14-23-18/h3-5,8-9,12-15H,2,6-7,10-11H2,1H3,(H,22,27). The minimum atomic E-state index is -0.132. The highest BCUT2D eigenvalue weighted by atomic mass is 32.1. The lowest BCUT2D eigenvalue weighted by molar-refractivity contribution is 0.0700. The summed E-state index contributed by atoms with van der Waals surface area (Å²) >= 11 is 1.41. The summed E-state index contributed by atoms with van der Waals surface area (Å²) in [6.45, 7) is 3.68. The summed E-state index contributed by atoms with van der Waals surface area (Å²) in [6.07, 6.45) is 3.55.